The average molecular weight is 254 g/mol. The number of hydrogen-bond acceptors (Lipinski definition) is 2. The van der Waals surface area contributed by atoms with Gasteiger partial charge in [-0.15, -0.1) is 0 Å². The van der Waals surface area contributed by atoms with E-state index in [1.165, 1.54) is 25.7 Å². The van der Waals surface area contributed by atoms with E-state index in [4.69, 9.17) is 4.74 Å². The maximum atomic E-state index is 12.6. The van der Waals surface area contributed by atoms with Gasteiger partial charge in [0.2, 0.25) is 0 Å². The van der Waals surface area contributed by atoms with Crippen molar-refractivity contribution in [3.05, 3.63) is 0 Å². The Bertz CT molecular complexity index is 269. The van der Waals surface area contributed by atoms with Gasteiger partial charge in [0.25, 0.3) is 0 Å². The van der Waals surface area contributed by atoms with Gasteiger partial charge in [0.15, 0.2) is 0 Å². The van der Waals surface area contributed by atoms with E-state index in [0.29, 0.717) is 25.2 Å². The Morgan fingerprint density at radius 2 is 1.89 bits per heavy atom. The fourth-order valence-corrected chi connectivity index (χ4v) is 2.93. The molecule has 0 radical (unpaired) electrons. The van der Waals surface area contributed by atoms with E-state index in [0.717, 1.165) is 19.6 Å². The SMILES string of the molecule is CC(C)CN(C(=O)N1CCOCC1)C1CCCC1. The molecule has 0 aromatic heterocycles. The fraction of sp³-hybridized carbons (Fsp3) is 0.929. The summed E-state index contributed by atoms with van der Waals surface area (Å²) in [5, 5.41) is 0. The summed E-state index contributed by atoms with van der Waals surface area (Å²) in [4.78, 5) is 16.7. The van der Waals surface area contributed by atoms with E-state index in [1.807, 2.05) is 4.90 Å². The predicted molar refractivity (Wildman–Crippen MR) is 71.6 cm³/mol. The maximum absolute atomic E-state index is 12.6. The Balaban J connectivity index is 1.99. The minimum absolute atomic E-state index is 0.235. The highest BCUT2D eigenvalue weighted by atomic mass is 16.5. The zero-order valence-corrected chi connectivity index (χ0v) is 11.7. The van der Waals surface area contributed by atoms with Crippen LogP contribution >= 0.6 is 0 Å². The maximum Gasteiger partial charge on any atom is 0.320 e. The van der Waals surface area contributed by atoms with Crippen molar-refractivity contribution in [2.24, 2.45) is 5.92 Å². The lowest BCUT2D eigenvalue weighted by Crippen LogP contribution is -2.52. The molecular formula is C14H26N2O2. The molecule has 2 rings (SSSR count). The molecule has 104 valence electrons. The van der Waals surface area contributed by atoms with Crippen molar-refractivity contribution in [1.82, 2.24) is 9.80 Å². The molecule has 0 bridgehead atoms. The molecule has 2 aliphatic rings. The first kappa shape index (κ1) is 13.7. The molecule has 0 atom stereocenters. The Kier molecular flexibility index (Phi) is 4.87. The summed E-state index contributed by atoms with van der Waals surface area (Å²) >= 11 is 0. The third kappa shape index (κ3) is 3.37. The van der Waals surface area contributed by atoms with Crippen LogP contribution in [0.4, 0.5) is 4.79 Å². The Morgan fingerprint density at radius 3 is 2.44 bits per heavy atom. The number of urea groups is 1. The second kappa shape index (κ2) is 6.41. The van der Waals surface area contributed by atoms with Crippen LogP contribution in [0, 0.1) is 5.92 Å². The van der Waals surface area contributed by atoms with E-state index < -0.39 is 0 Å². The summed E-state index contributed by atoms with van der Waals surface area (Å²) in [5.41, 5.74) is 0. The van der Waals surface area contributed by atoms with Crippen molar-refractivity contribution in [2.45, 2.75) is 45.6 Å². The predicted octanol–water partition coefficient (Wildman–Crippen LogP) is 2.34. The molecule has 0 aromatic carbocycles. The summed E-state index contributed by atoms with van der Waals surface area (Å²) in [6, 6.07) is 0.710. The van der Waals surface area contributed by atoms with Crippen LogP contribution in [0.2, 0.25) is 0 Å². The zero-order valence-electron chi connectivity index (χ0n) is 11.7. The fourth-order valence-electron chi connectivity index (χ4n) is 2.93. The lowest BCUT2D eigenvalue weighted by atomic mass is 10.1. The molecule has 4 nitrogen and oxygen atoms in total. The highest BCUT2D eigenvalue weighted by molar-refractivity contribution is 5.75. The summed E-state index contributed by atoms with van der Waals surface area (Å²) in [6.07, 6.45) is 4.91. The van der Waals surface area contributed by atoms with Gasteiger partial charge in [0, 0.05) is 25.7 Å². The summed E-state index contributed by atoms with van der Waals surface area (Å²) in [7, 11) is 0. The molecule has 0 unspecified atom stereocenters. The lowest BCUT2D eigenvalue weighted by Gasteiger charge is -2.37. The van der Waals surface area contributed by atoms with Crippen LogP contribution in [-0.2, 0) is 4.74 Å². The molecule has 0 N–H and O–H groups in total. The number of hydrogen-bond donors (Lipinski definition) is 0. The number of ether oxygens (including phenoxy) is 1. The van der Waals surface area contributed by atoms with E-state index in [9.17, 15) is 4.79 Å². The second-order valence-corrected chi connectivity index (χ2v) is 5.87. The van der Waals surface area contributed by atoms with Crippen molar-refractivity contribution in [2.75, 3.05) is 32.8 Å². The van der Waals surface area contributed by atoms with E-state index >= 15 is 0 Å². The Labute approximate surface area is 110 Å². The highest BCUT2D eigenvalue weighted by Gasteiger charge is 2.30. The first-order chi connectivity index (χ1) is 8.68. The number of nitrogens with zero attached hydrogens (tertiary/aromatic N) is 2. The van der Waals surface area contributed by atoms with E-state index in [2.05, 4.69) is 18.7 Å². The summed E-state index contributed by atoms with van der Waals surface area (Å²) in [6.45, 7) is 8.14. The quantitative estimate of drug-likeness (QED) is 0.774. The molecule has 2 fully saturated rings. The van der Waals surface area contributed by atoms with Crippen LogP contribution < -0.4 is 0 Å². The molecule has 1 saturated heterocycles. The molecule has 18 heavy (non-hydrogen) atoms. The van der Waals surface area contributed by atoms with Gasteiger partial charge in [-0.3, -0.25) is 0 Å². The van der Waals surface area contributed by atoms with E-state index in [1.54, 1.807) is 0 Å². The van der Waals surface area contributed by atoms with Gasteiger partial charge in [-0.05, 0) is 18.8 Å². The van der Waals surface area contributed by atoms with Gasteiger partial charge >= 0.3 is 6.03 Å². The number of rotatable bonds is 3. The van der Waals surface area contributed by atoms with Gasteiger partial charge in [0.05, 0.1) is 13.2 Å². The standard InChI is InChI=1S/C14H26N2O2/c1-12(2)11-16(13-5-3-4-6-13)14(17)15-7-9-18-10-8-15/h12-13H,3-11H2,1-2H3. The van der Waals surface area contributed by atoms with Crippen LogP contribution in [-0.4, -0.2) is 54.7 Å². The molecule has 4 heteroatoms. The first-order valence-corrected chi connectivity index (χ1v) is 7.32. The monoisotopic (exact) mass is 254 g/mol. The van der Waals surface area contributed by atoms with Gasteiger partial charge < -0.3 is 14.5 Å². The van der Waals surface area contributed by atoms with Crippen LogP contribution in [0.15, 0.2) is 0 Å². The second-order valence-electron chi connectivity index (χ2n) is 5.87. The smallest absolute Gasteiger partial charge is 0.320 e. The molecule has 1 saturated carbocycles. The van der Waals surface area contributed by atoms with E-state index in [-0.39, 0.29) is 6.03 Å². The normalized spacial score (nSPS) is 21.6. The highest BCUT2D eigenvalue weighted by Crippen LogP contribution is 2.25. The largest absolute Gasteiger partial charge is 0.378 e. The first-order valence-electron chi connectivity index (χ1n) is 7.32. The molecule has 0 spiro atoms. The van der Waals surface area contributed by atoms with Crippen molar-refractivity contribution in [3.8, 4) is 0 Å². The van der Waals surface area contributed by atoms with Gasteiger partial charge in [-0.1, -0.05) is 26.7 Å². The minimum Gasteiger partial charge on any atom is -0.378 e. The van der Waals surface area contributed by atoms with Crippen molar-refractivity contribution < 1.29 is 9.53 Å². The van der Waals surface area contributed by atoms with Crippen LogP contribution in [0.3, 0.4) is 0 Å². The van der Waals surface area contributed by atoms with Gasteiger partial charge in [0.1, 0.15) is 0 Å². The molecule has 1 aliphatic heterocycles. The Hall–Kier alpha value is -0.770. The van der Waals surface area contributed by atoms with Crippen molar-refractivity contribution in [3.63, 3.8) is 0 Å². The third-order valence-corrected chi connectivity index (χ3v) is 3.85. The molecule has 0 aromatic rings. The summed E-state index contributed by atoms with van der Waals surface area (Å²) < 4.78 is 5.32. The van der Waals surface area contributed by atoms with Crippen molar-refractivity contribution >= 4 is 6.03 Å². The van der Waals surface area contributed by atoms with Crippen molar-refractivity contribution in [1.29, 1.82) is 0 Å². The number of carbonyl (C=O) groups is 1. The summed E-state index contributed by atoms with van der Waals surface area (Å²) in [5.74, 6) is 0.538. The van der Waals surface area contributed by atoms with Crippen LogP contribution in [0.25, 0.3) is 0 Å². The molecule has 1 heterocycles. The van der Waals surface area contributed by atoms with Gasteiger partial charge in [-0.25, -0.2) is 4.79 Å². The van der Waals surface area contributed by atoms with Gasteiger partial charge in [-0.2, -0.15) is 0 Å². The number of carbonyl (C=O) groups excluding carboxylic acids is 1. The topological polar surface area (TPSA) is 32.8 Å². The zero-order chi connectivity index (χ0) is 13.0. The number of amides is 2. The third-order valence-electron chi connectivity index (χ3n) is 3.85. The molecule has 1 aliphatic carbocycles. The van der Waals surface area contributed by atoms with Crippen LogP contribution in [0.5, 0.6) is 0 Å². The molecular weight excluding hydrogens is 228 g/mol. The number of morpholine rings is 1. The molecule has 2 amide bonds. The van der Waals surface area contributed by atoms with Crippen LogP contribution in [0.1, 0.15) is 39.5 Å². The minimum atomic E-state index is 0.235. The average Bonchev–Trinajstić information content (AvgIpc) is 2.89. The Morgan fingerprint density at radius 1 is 1.28 bits per heavy atom. The lowest BCUT2D eigenvalue weighted by molar-refractivity contribution is 0.0379.